The zero-order valence-electron chi connectivity index (χ0n) is 13.3. The van der Waals surface area contributed by atoms with E-state index >= 15 is 0 Å². The zero-order chi connectivity index (χ0) is 15.2. The summed E-state index contributed by atoms with van der Waals surface area (Å²) >= 11 is 0. The Balaban J connectivity index is 2.05. The molecule has 0 aliphatic heterocycles. The third-order valence-corrected chi connectivity index (χ3v) is 3.48. The van der Waals surface area contributed by atoms with Crippen molar-refractivity contribution in [1.29, 1.82) is 0 Å². The molecule has 114 valence electrons. The lowest BCUT2D eigenvalue weighted by Gasteiger charge is -2.20. The highest BCUT2D eigenvalue weighted by molar-refractivity contribution is 5.35. The second-order valence-electron chi connectivity index (χ2n) is 5.48. The van der Waals surface area contributed by atoms with Gasteiger partial charge in [-0.2, -0.15) is 0 Å². The predicted octanol–water partition coefficient (Wildman–Crippen LogP) is 3.54. The molecular formula is C17H25N3O. The Morgan fingerprint density at radius 2 is 2.00 bits per heavy atom. The van der Waals surface area contributed by atoms with Crippen LogP contribution in [0.2, 0.25) is 0 Å². The molecular weight excluding hydrogens is 262 g/mol. The van der Waals surface area contributed by atoms with Crippen LogP contribution < -0.4 is 10.1 Å². The van der Waals surface area contributed by atoms with Gasteiger partial charge in [0.25, 0.3) is 0 Å². The summed E-state index contributed by atoms with van der Waals surface area (Å²) in [5.74, 6) is 0.955. The normalized spacial score (nSPS) is 12.6. The first-order chi connectivity index (χ1) is 10.1. The molecule has 0 amide bonds. The van der Waals surface area contributed by atoms with E-state index in [1.54, 1.807) is 0 Å². The number of hydrogen-bond donors (Lipinski definition) is 1. The van der Waals surface area contributed by atoms with E-state index in [-0.39, 0.29) is 12.1 Å². The Kier molecular flexibility index (Phi) is 5.39. The Hall–Kier alpha value is -1.81. The van der Waals surface area contributed by atoms with Crippen molar-refractivity contribution in [3.63, 3.8) is 0 Å². The molecule has 4 nitrogen and oxygen atoms in total. The summed E-state index contributed by atoms with van der Waals surface area (Å²) in [5.41, 5.74) is 2.39. The molecule has 1 unspecified atom stereocenters. The monoisotopic (exact) mass is 287 g/mol. The molecule has 1 N–H and O–H groups in total. The van der Waals surface area contributed by atoms with Crippen LogP contribution in [0.15, 0.2) is 36.8 Å². The number of hydrogen-bond acceptors (Lipinski definition) is 3. The summed E-state index contributed by atoms with van der Waals surface area (Å²) in [4.78, 5) is 4.20. The number of aryl methyl sites for hydroxylation is 1. The second kappa shape index (κ2) is 7.27. The number of nitrogens with one attached hydrogen (secondary N) is 1. The van der Waals surface area contributed by atoms with E-state index in [1.165, 1.54) is 11.3 Å². The molecule has 1 aromatic heterocycles. The molecule has 0 aliphatic rings. The number of ether oxygens (including phenoxy) is 1. The second-order valence-corrected chi connectivity index (χ2v) is 5.48. The van der Waals surface area contributed by atoms with Crippen LogP contribution in [0.3, 0.4) is 0 Å². The lowest BCUT2D eigenvalue weighted by Crippen LogP contribution is -2.21. The molecule has 2 rings (SSSR count). The average Bonchev–Trinajstić information content (AvgIpc) is 2.92. The minimum atomic E-state index is 0.180. The van der Waals surface area contributed by atoms with Crippen molar-refractivity contribution >= 4 is 0 Å². The van der Waals surface area contributed by atoms with E-state index in [1.807, 2.05) is 24.7 Å². The van der Waals surface area contributed by atoms with Crippen molar-refractivity contribution < 1.29 is 4.74 Å². The first-order valence-electron chi connectivity index (χ1n) is 7.59. The molecule has 0 bridgehead atoms. The minimum absolute atomic E-state index is 0.180. The molecule has 1 heterocycles. The molecule has 1 atom stereocenters. The van der Waals surface area contributed by atoms with Crippen molar-refractivity contribution in [3.8, 4) is 5.75 Å². The van der Waals surface area contributed by atoms with Gasteiger partial charge in [-0.15, -0.1) is 0 Å². The Bertz CT molecular complexity index is 563. The first-order valence-corrected chi connectivity index (χ1v) is 7.59. The van der Waals surface area contributed by atoms with Crippen LogP contribution in [-0.4, -0.2) is 15.7 Å². The number of aromatic nitrogens is 2. The van der Waals surface area contributed by atoms with E-state index in [9.17, 15) is 0 Å². The molecule has 0 saturated carbocycles. The average molecular weight is 287 g/mol. The lowest BCUT2D eigenvalue weighted by atomic mass is 10.1. The number of imidazole rings is 1. The van der Waals surface area contributed by atoms with Gasteiger partial charge < -0.3 is 14.6 Å². The molecule has 0 spiro atoms. The van der Waals surface area contributed by atoms with Crippen LogP contribution in [0.4, 0.5) is 0 Å². The number of para-hydroxylation sites is 1. The predicted molar refractivity (Wildman–Crippen MR) is 85.4 cm³/mol. The maximum atomic E-state index is 5.89. The van der Waals surface area contributed by atoms with E-state index < -0.39 is 0 Å². The van der Waals surface area contributed by atoms with Crippen LogP contribution in [0, 0.1) is 0 Å². The molecule has 21 heavy (non-hydrogen) atoms. The van der Waals surface area contributed by atoms with Gasteiger partial charge in [0.15, 0.2) is 0 Å². The first kappa shape index (κ1) is 15.6. The van der Waals surface area contributed by atoms with Crippen LogP contribution >= 0.6 is 0 Å². The molecule has 0 saturated heterocycles. The van der Waals surface area contributed by atoms with E-state index in [2.05, 4.69) is 54.7 Å². The molecule has 0 fully saturated rings. The highest BCUT2D eigenvalue weighted by Gasteiger charge is 2.12. The van der Waals surface area contributed by atoms with Gasteiger partial charge >= 0.3 is 0 Å². The van der Waals surface area contributed by atoms with Gasteiger partial charge in [0.05, 0.1) is 18.1 Å². The topological polar surface area (TPSA) is 39.1 Å². The van der Waals surface area contributed by atoms with Gasteiger partial charge in [-0.05, 0) is 33.8 Å². The van der Waals surface area contributed by atoms with Crippen molar-refractivity contribution in [3.05, 3.63) is 48.0 Å². The van der Waals surface area contributed by atoms with Crippen LogP contribution in [0.25, 0.3) is 0 Å². The fourth-order valence-corrected chi connectivity index (χ4v) is 2.35. The Labute approximate surface area is 127 Å². The maximum Gasteiger partial charge on any atom is 0.124 e. The molecule has 2 aromatic rings. The van der Waals surface area contributed by atoms with Crippen molar-refractivity contribution in [2.45, 2.75) is 52.9 Å². The minimum Gasteiger partial charge on any atom is -0.491 e. The summed E-state index contributed by atoms with van der Waals surface area (Å²) in [6.07, 6.45) is 3.97. The molecule has 0 radical (unpaired) electrons. The molecule has 4 heteroatoms. The van der Waals surface area contributed by atoms with Gasteiger partial charge in [-0.1, -0.05) is 18.2 Å². The summed E-state index contributed by atoms with van der Waals surface area (Å²) < 4.78 is 8.04. The number of rotatable bonds is 7. The largest absolute Gasteiger partial charge is 0.491 e. The summed E-state index contributed by atoms with van der Waals surface area (Å²) in [5, 5.41) is 3.55. The fourth-order valence-electron chi connectivity index (χ4n) is 2.35. The van der Waals surface area contributed by atoms with Crippen LogP contribution in [0.5, 0.6) is 5.75 Å². The zero-order valence-corrected chi connectivity index (χ0v) is 13.3. The van der Waals surface area contributed by atoms with Gasteiger partial charge in [-0.3, -0.25) is 0 Å². The smallest absolute Gasteiger partial charge is 0.124 e. The van der Waals surface area contributed by atoms with Crippen LogP contribution in [-0.2, 0) is 13.1 Å². The summed E-state index contributed by atoms with van der Waals surface area (Å²) in [6.45, 7) is 10.1. The Morgan fingerprint density at radius 3 is 2.71 bits per heavy atom. The number of benzene rings is 1. The summed E-state index contributed by atoms with van der Waals surface area (Å²) in [6, 6.07) is 8.44. The fraction of sp³-hybridized carbons (Fsp3) is 0.471. The number of nitrogens with zero attached hydrogens (tertiary/aromatic N) is 2. The standard InChI is InChI=1S/C17H25N3O/c1-5-20-12-18-10-15(20)11-19-14(4)16-8-6-7-9-17(16)21-13(2)3/h6-10,12-14,19H,5,11H2,1-4H3. The van der Waals surface area contributed by atoms with Crippen LogP contribution in [0.1, 0.15) is 45.0 Å². The van der Waals surface area contributed by atoms with Crippen molar-refractivity contribution in [2.75, 3.05) is 0 Å². The molecule has 0 aliphatic carbocycles. The SMILES string of the molecule is CCn1cncc1CNC(C)c1ccccc1OC(C)C. The highest BCUT2D eigenvalue weighted by atomic mass is 16.5. The van der Waals surface area contributed by atoms with Crippen molar-refractivity contribution in [2.24, 2.45) is 0 Å². The van der Waals surface area contributed by atoms with Gasteiger partial charge in [-0.25, -0.2) is 4.98 Å². The summed E-state index contributed by atoms with van der Waals surface area (Å²) in [7, 11) is 0. The van der Waals surface area contributed by atoms with Gasteiger partial charge in [0.1, 0.15) is 5.75 Å². The Morgan fingerprint density at radius 1 is 1.24 bits per heavy atom. The van der Waals surface area contributed by atoms with Crippen molar-refractivity contribution in [1.82, 2.24) is 14.9 Å². The third kappa shape index (κ3) is 4.08. The quantitative estimate of drug-likeness (QED) is 0.846. The molecule has 1 aromatic carbocycles. The van der Waals surface area contributed by atoms with Gasteiger partial charge in [0, 0.05) is 30.9 Å². The lowest BCUT2D eigenvalue weighted by molar-refractivity contribution is 0.238. The van der Waals surface area contributed by atoms with E-state index in [0.717, 1.165) is 18.8 Å². The van der Waals surface area contributed by atoms with Gasteiger partial charge in [0.2, 0.25) is 0 Å². The maximum absolute atomic E-state index is 5.89. The highest BCUT2D eigenvalue weighted by Crippen LogP contribution is 2.25. The van der Waals surface area contributed by atoms with E-state index in [0.29, 0.717) is 0 Å². The van der Waals surface area contributed by atoms with E-state index in [4.69, 9.17) is 4.74 Å². The third-order valence-electron chi connectivity index (χ3n) is 3.48.